The van der Waals surface area contributed by atoms with Crippen molar-refractivity contribution in [2.45, 2.75) is 32.9 Å². The summed E-state index contributed by atoms with van der Waals surface area (Å²) in [6, 6.07) is 4.97. The second-order valence-electron chi connectivity index (χ2n) is 6.53. The van der Waals surface area contributed by atoms with Gasteiger partial charge in [0, 0.05) is 50.4 Å². The lowest BCUT2D eigenvalue weighted by Crippen LogP contribution is -2.53. The molecule has 1 heterocycles. The van der Waals surface area contributed by atoms with Gasteiger partial charge in [0.25, 0.3) is 0 Å². The first-order valence-electron chi connectivity index (χ1n) is 8.00. The van der Waals surface area contributed by atoms with Crippen molar-refractivity contribution in [3.05, 3.63) is 34.6 Å². The maximum absolute atomic E-state index is 13.1. The van der Waals surface area contributed by atoms with Crippen LogP contribution in [0.3, 0.4) is 0 Å². The van der Waals surface area contributed by atoms with Crippen molar-refractivity contribution in [1.82, 2.24) is 9.80 Å². The predicted molar refractivity (Wildman–Crippen MR) is 88.6 cm³/mol. The lowest BCUT2D eigenvalue weighted by atomic mass is 10.1. The first-order chi connectivity index (χ1) is 10.5. The predicted octanol–water partition coefficient (Wildman–Crippen LogP) is 3.00. The number of hydrogen-bond donors (Lipinski definition) is 1. The van der Waals surface area contributed by atoms with Crippen molar-refractivity contribution in [3.8, 4) is 0 Å². The summed E-state index contributed by atoms with van der Waals surface area (Å²) in [4.78, 5) is 4.82. The lowest BCUT2D eigenvalue weighted by Gasteiger charge is -2.42. The van der Waals surface area contributed by atoms with E-state index in [0.717, 1.165) is 44.7 Å². The number of nitrogens with zero attached hydrogens (tertiary/aromatic N) is 2. The summed E-state index contributed by atoms with van der Waals surface area (Å²) in [5.41, 5.74) is 0.961. The van der Waals surface area contributed by atoms with E-state index in [1.54, 1.807) is 6.07 Å². The Labute approximate surface area is 137 Å². The molecule has 22 heavy (non-hydrogen) atoms. The molecule has 0 amide bonds. The molecule has 1 fully saturated rings. The minimum atomic E-state index is -0.298. The zero-order valence-corrected chi connectivity index (χ0v) is 14.2. The summed E-state index contributed by atoms with van der Waals surface area (Å²) in [5.74, 6) is 0.327. The van der Waals surface area contributed by atoms with E-state index in [9.17, 15) is 9.50 Å². The summed E-state index contributed by atoms with van der Waals surface area (Å²) < 4.78 is 13.1. The van der Waals surface area contributed by atoms with Crippen LogP contribution in [0.1, 0.15) is 25.8 Å². The fraction of sp³-hybridized carbons (Fsp3) is 0.647. The van der Waals surface area contributed by atoms with E-state index in [1.165, 1.54) is 12.1 Å². The molecule has 0 unspecified atom stereocenters. The second-order valence-corrected chi connectivity index (χ2v) is 6.93. The van der Waals surface area contributed by atoms with E-state index in [4.69, 9.17) is 11.6 Å². The first kappa shape index (κ1) is 17.7. The van der Waals surface area contributed by atoms with Crippen molar-refractivity contribution in [2.24, 2.45) is 5.92 Å². The third kappa shape index (κ3) is 4.92. The Morgan fingerprint density at radius 3 is 2.77 bits per heavy atom. The van der Waals surface area contributed by atoms with Crippen molar-refractivity contribution in [1.29, 1.82) is 0 Å². The molecule has 0 aromatic heterocycles. The van der Waals surface area contributed by atoms with Crippen LogP contribution in [0.25, 0.3) is 0 Å². The topological polar surface area (TPSA) is 26.7 Å². The molecule has 1 aliphatic heterocycles. The number of halogens is 2. The average molecular weight is 329 g/mol. The van der Waals surface area contributed by atoms with Gasteiger partial charge in [0.05, 0.1) is 0 Å². The molecule has 124 valence electrons. The van der Waals surface area contributed by atoms with E-state index in [1.807, 2.05) is 0 Å². The molecule has 1 aliphatic rings. The lowest BCUT2D eigenvalue weighted by molar-refractivity contribution is 0.0477. The molecule has 1 atom stereocenters. The zero-order chi connectivity index (χ0) is 16.1. The van der Waals surface area contributed by atoms with Gasteiger partial charge < -0.3 is 5.11 Å². The van der Waals surface area contributed by atoms with Gasteiger partial charge in [0.2, 0.25) is 0 Å². The van der Waals surface area contributed by atoms with Crippen molar-refractivity contribution in [3.63, 3.8) is 0 Å². The largest absolute Gasteiger partial charge is 0.396 e. The van der Waals surface area contributed by atoms with Crippen LogP contribution >= 0.6 is 11.6 Å². The molecule has 3 nitrogen and oxygen atoms in total. The number of hydrogen-bond acceptors (Lipinski definition) is 3. The van der Waals surface area contributed by atoms with Gasteiger partial charge in [0.15, 0.2) is 0 Å². The molecule has 1 saturated heterocycles. The van der Waals surface area contributed by atoms with Gasteiger partial charge in [-0.3, -0.25) is 9.80 Å². The van der Waals surface area contributed by atoms with Gasteiger partial charge in [-0.2, -0.15) is 0 Å². The van der Waals surface area contributed by atoms with Crippen molar-refractivity contribution >= 4 is 11.6 Å². The first-order valence-corrected chi connectivity index (χ1v) is 8.38. The van der Waals surface area contributed by atoms with E-state index in [0.29, 0.717) is 17.0 Å². The minimum Gasteiger partial charge on any atom is -0.396 e. The Morgan fingerprint density at radius 1 is 1.36 bits per heavy atom. The van der Waals surface area contributed by atoms with E-state index in [2.05, 4.69) is 23.6 Å². The summed E-state index contributed by atoms with van der Waals surface area (Å²) >= 11 is 6.13. The quantitative estimate of drug-likeness (QED) is 0.869. The highest BCUT2D eigenvalue weighted by Crippen LogP contribution is 2.22. The molecule has 0 radical (unpaired) electrons. The highest BCUT2D eigenvalue weighted by Gasteiger charge is 2.27. The zero-order valence-electron chi connectivity index (χ0n) is 13.4. The molecule has 0 saturated carbocycles. The Kier molecular flexibility index (Phi) is 6.63. The highest BCUT2D eigenvalue weighted by atomic mass is 35.5. The van der Waals surface area contributed by atoms with Crippen LogP contribution in [-0.4, -0.2) is 53.7 Å². The fourth-order valence-corrected chi connectivity index (χ4v) is 3.35. The maximum atomic E-state index is 13.1. The molecular formula is C17H26ClFN2O. The van der Waals surface area contributed by atoms with Gasteiger partial charge in [-0.1, -0.05) is 31.5 Å². The number of benzene rings is 1. The van der Waals surface area contributed by atoms with Crippen LogP contribution in [0.5, 0.6) is 0 Å². The smallest absolute Gasteiger partial charge is 0.124 e. The fourth-order valence-electron chi connectivity index (χ4n) is 3.12. The van der Waals surface area contributed by atoms with E-state index < -0.39 is 0 Å². The molecular weight excluding hydrogens is 303 g/mol. The van der Waals surface area contributed by atoms with Gasteiger partial charge in [0.1, 0.15) is 5.82 Å². The Morgan fingerprint density at radius 2 is 2.14 bits per heavy atom. The van der Waals surface area contributed by atoms with Gasteiger partial charge in [-0.15, -0.1) is 0 Å². The molecule has 1 aromatic carbocycles. The van der Waals surface area contributed by atoms with Crippen LogP contribution in [0.4, 0.5) is 4.39 Å². The molecule has 0 spiro atoms. The SMILES string of the molecule is CC(C)CN1CCN(Cc2ccc(F)cc2Cl)C[C@@H]1CCO. The molecule has 0 bridgehead atoms. The van der Waals surface area contributed by atoms with Crippen LogP contribution in [-0.2, 0) is 6.54 Å². The monoisotopic (exact) mass is 328 g/mol. The number of rotatable bonds is 6. The summed E-state index contributed by atoms with van der Waals surface area (Å²) in [7, 11) is 0. The van der Waals surface area contributed by atoms with Crippen LogP contribution in [0.15, 0.2) is 18.2 Å². The number of piperazine rings is 1. The van der Waals surface area contributed by atoms with Crippen molar-refractivity contribution in [2.75, 3.05) is 32.8 Å². The van der Waals surface area contributed by atoms with Crippen LogP contribution in [0, 0.1) is 11.7 Å². The van der Waals surface area contributed by atoms with Gasteiger partial charge in [-0.05, 0) is 30.0 Å². The Balaban J connectivity index is 1.99. The number of aliphatic hydroxyl groups excluding tert-OH is 1. The average Bonchev–Trinajstić information content (AvgIpc) is 2.44. The molecule has 2 rings (SSSR count). The van der Waals surface area contributed by atoms with E-state index >= 15 is 0 Å². The minimum absolute atomic E-state index is 0.213. The van der Waals surface area contributed by atoms with Crippen LogP contribution in [0.2, 0.25) is 5.02 Å². The summed E-state index contributed by atoms with van der Waals surface area (Å²) in [6.07, 6.45) is 0.792. The summed E-state index contributed by atoms with van der Waals surface area (Å²) in [5, 5.41) is 9.80. The molecule has 1 aromatic rings. The van der Waals surface area contributed by atoms with Gasteiger partial charge in [-0.25, -0.2) is 4.39 Å². The van der Waals surface area contributed by atoms with E-state index in [-0.39, 0.29) is 12.4 Å². The normalized spacial score (nSPS) is 20.7. The van der Waals surface area contributed by atoms with Crippen LogP contribution < -0.4 is 0 Å². The third-order valence-electron chi connectivity index (χ3n) is 4.16. The van der Waals surface area contributed by atoms with Crippen molar-refractivity contribution < 1.29 is 9.50 Å². The molecule has 5 heteroatoms. The standard InChI is InChI=1S/C17H26ClFN2O/c1-13(2)10-21-7-6-20(12-16(21)5-8-22)11-14-3-4-15(19)9-17(14)18/h3-4,9,13,16,22H,5-8,10-12H2,1-2H3/t16-/m0/s1. The Bertz CT molecular complexity index is 484. The number of aliphatic hydroxyl groups is 1. The Hall–Kier alpha value is -0.680. The second kappa shape index (κ2) is 8.25. The molecule has 1 N–H and O–H groups in total. The highest BCUT2D eigenvalue weighted by molar-refractivity contribution is 6.31. The molecule has 0 aliphatic carbocycles. The van der Waals surface area contributed by atoms with Gasteiger partial charge >= 0.3 is 0 Å². The third-order valence-corrected chi connectivity index (χ3v) is 4.51. The maximum Gasteiger partial charge on any atom is 0.124 e. The summed E-state index contributed by atoms with van der Waals surface area (Å²) in [6.45, 7) is 9.35.